The predicted octanol–water partition coefficient (Wildman–Crippen LogP) is -14.7. The molecular formula is Na3O6Si2-. The fourth-order valence-electron chi connectivity index (χ4n) is 0. The molecule has 0 spiro atoms. The smallest absolute Gasteiger partial charge is 0.672 e. The minimum atomic E-state index is -3.63. The second kappa shape index (κ2) is 22.8. The Balaban J connectivity index is -0.0000000171. The molecule has 0 aliphatic heterocycles. The Morgan fingerprint density at radius 3 is 0.636 bits per heavy atom. The Morgan fingerprint density at radius 2 is 0.636 bits per heavy atom. The Hall–Kier alpha value is 2.23. The summed E-state index contributed by atoms with van der Waals surface area (Å²) in [5.41, 5.74) is 0. The SMILES string of the molecule is O=[Si]([O-])[O-].O=[Si]([O-])[O-].[Na+].[Na+].[Na+]. The van der Waals surface area contributed by atoms with Crippen LogP contribution in [0.4, 0.5) is 0 Å². The van der Waals surface area contributed by atoms with Gasteiger partial charge in [-0.1, -0.05) is 0 Å². The van der Waals surface area contributed by atoms with Crippen LogP contribution in [0.3, 0.4) is 0 Å². The molecule has 0 fully saturated rings. The van der Waals surface area contributed by atoms with Crippen LogP contribution in [0, 0.1) is 0 Å². The molecule has 48 valence electrons. The van der Waals surface area contributed by atoms with Crippen LogP contribution in [0.2, 0.25) is 0 Å². The summed E-state index contributed by atoms with van der Waals surface area (Å²) in [5, 5.41) is 0. The summed E-state index contributed by atoms with van der Waals surface area (Å²) in [5.74, 6) is 0. The van der Waals surface area contributed by atoms with Gasteiger partial charge in [-0.15, -0.1) is 0 Å². The number of rotatable bonds is 0. The van der Waals surface area contributed by atoms with Crippen LogP contribution in [0.15, 0.2) is 0 Å². The quantitative estimate of drug-likeness (QED) is 0.374. The van der Waals surface area contributed by atoms with Crippen molar-refractivity contribution in [3.8, 4) is 0 Å². The van der Waals surface area contributed by atoms with Gasteiger partial charge >= 0.3 is 88.7 Å². The first-order valence-corrected chi connectivity index (χ1v) is 3.67. The van der Waals surface area contributed by atoms with Crippen LogP contribution in [-0.2, 0) is 8.92 Å². The largest absolute Gasteiger partial charge is 1.00 e. The first-order valence-electron chi connectivity index (χ1n) is 1.22. The van der Waals surface area contributed by atoms with Crippen molar-refractivity contribution in [1.82, 2.24) is 0 Å². The Morgan fingerprint density at radius 1 is 0.636 bits per heavy atom. The maximum absolute atomic E-state index is 8.52. The van der Waals surface area contributed by atoms with Gasteiger partial charge in [0.15, 0.2) is 0 Å². The van der Waals surface area contributed by atoms with Gasteiger partial charge in [0.2, 0.25) is 0 Å². The Kier molecular flexibility index (Phi) is 60.5. The molecule has 0 aromatic carbocycles. The van der Waals surface area contributed by atoms with Gasteiger partial charge in [-0.05, 0) is 0 Å². The van der Waals surface area contributed by atoms with E-state index in [9.17, 15) is 0 Å². The molecule has 0 bridgehead atoms. The van der Waals surface area contributed by atoms with Crippen molar-refractivity contribution >= 4 is 18.3 Å². The Labute approximate surface area is 133 Å². The second-order valence-corrected chi connectivity index (χ2v) is 1.50. The van der Waals surface area contributed by atoms with Gasteiger partial charge in [0.1, 0.15) is 0 Å². The average Bonchev–Trinajstić information content (AvgIpc) is 1.25. The fraction of sp³-hybridized carbons (Fsp3) is 0. The molecular weight excluding hydrogens is 221 g/mol. The van der Waals surface area contributed by atoms with Crippen LogP contribution in [-0.4, -0.2) is 18.3 Å². The number of hydrogen-bond donors (Lipinski definition) is 0. The van der Waals surface area contributed by atoms with Crippen LogP contribution >= 0.6 is 0 Å². The molecule has 0 saturated carbocycles. The molecule has 11 heteroatoms. The van der Waals surface area contributed by atoms with Crippen molar-refractivity contribution < 1.29 is 117 Å². The summed E-state index contributed by atoms with van der Waals surface area (Å²) >= 11 is 0. The molecule has 0 heterocycles. The molecule has 11 heavy (non-hydrogen) atoms. The van der Waals surface area contributed by atoms with Crippen molar-refractivity contribution in [3.63, 3.8) is 0 Å². The van der Waals surface area contributed by atoms with Gasteiger partial charge in [0.25, 0.3) is 0 Å². The molecule has 0 radical (unpaired) electrons. The summed E-state index contributed by atoms with van der Waals surface area (Å²) in [6.07, 6.45) is 0. The molecule has 0 rings (SSSR count). The molecule has 0 atom stereocenters. The third kappa shape index (κ3) is 257. The van der Waals surface area contributed by atoms with Crippen molar-refractivity contribution in [3.05, 3.63) is 0 Å². The zero-order valence-corrected chi connectivity index (χ0v) is 14.4. The summed E-state index contributed by atoms with van der Waals surface area (Å²) in [4.78, 5) is 34.1. The zero-order chi connectivity index (χ0) is 7.15. The van der Waals surface area contributed by atoms with Gasteiger partial charge in [0.05, 0.1) is 0 Å². The van der Waals surface area contributed by atoms with Crippen LogP contribution < -0.4 is 108 Å². The molecule has 0 N–H and O–H groups in total. The third-order valence-corrected chi connectivity index (χ3v) is 0. The monoisotopic (exact) mass is 221 g/mol. The van der Waals surface area contributed by atoms with E-state index in [4.69, 9.17) is 28.1 Å². The molecule has 0 aliphatic carbocycles. The van der Waals surface area contributed by atoms with E-state index in [1.54, 1.807) is 0 Å². The molecule has 0 aromatic rings. The van der Waals surface area contributed by atoms with Crippen LogP contribution in [0.1, 0.15) is 0 Å². The van der Waals surface area contributed by atoms with E-state index in [1.807, 2.05) is 0 Å². The van der Waals surface area contributed by atoms with E-state index in [2.05, 4.69) is 0 Å². The van der Waals surface area contributed by atoms with Gasteiger partial charge in [-0.3, -0.25) is 0 Å². The summed E-state index contributed by atoms with van der Waals surface area (Å²) in [7, 11) is -7.26. The van der Waals surface area contributed by atoms with E-state index >= 15 is 0 Å². The third-order valence-electron chi connectivity index (χ3n) is 0. The van der Waals surface area contributed by atoms with E-state index in [-0.39, 0.29) is 88.7 Å². The molecule has 0 unspecified atom stereocenters. The summed E-state index contributed by atoms with van der Waals surface area (Å²) in [6.45, 7) is 0. The normalized spacial score (nSPS) is 4.36. The fourth-order valence-corrected chi connectivity index (χ4v) is 0. The minimum Gasteiger partial charge on any atom is -0.672 e. The van der Waals surface area contributed by atoms with Crippen LogP contribution in [0.5, 0.6) is 0 Å². The van der Waals surface area contributed by atoms with Crippen molar-refractivity contribution in [1.29, 1.82) is 0 Å². The maximum atomic E-state index is 8.52. The van der Waals surface area contributed by atoms with Crippen molar-refractivity contribution in [2.24, 2.45) is 0 Å². The van der Waals surface area contributed by atoms with Crippen molar-refractivity contribution in [2.75, 3.05) is 0 Å². The molecule has 0 saturated heterocycles. The molecule has 0 aromatic heterocycles. The van der Waals surface area contributed by atoms with E-state index < -0.39 is 18.3 Å². The molecule has 6 nitrogen and oxygen atoms in total. The van der Waals surface area contributed by atoms with E-state index in [0.29, 0.717) is 0 Å². The summed E-state index contributed by atoms with van der Waals surface area (Å²) < 4.78 is 17.0. The average molecular weight is 221 g/mol. The predicted molar refractivity (Wildman–Crippen MR) is 12.9 cm³/mol. The molecule has 0 aliphatic rings. The van der Waals surface area contributed by atoms with Gasteiger partial charge in [-0.25, -0.2) is 0 Å². The van der Waals surface area contributed by atoms with E-state index in [1.165, 1.54) is 0 Å². The second-order valence-electron chi connectivity index (χ2n) is 0.500. The van der Waals surface area contributed by atoms with Gasteiger partial charge in [-0.2, -0.15) is 0 Å². The Bertz CT molecular complexity index is 73.8. The van der Waals surface area contributed by atoms with E-state index in [0.717, 1.165) is 0 Å². The minimum absolute atomic E-state index is 0. The zero-order valence-electron chi connectivity index (χ0n) is 6.45. The first kappa shape index (κ1) is 29.2. The number of hydrogen-bond acceptors (Lipinski definition) is 6. The van der Waals surface area contributed by atoms with Gasteiger partial charge in [0, 0.05) is 18.3 Å². The van der Waals surface area contributed by atoms with Gasteiger partial charge < -0.3 is 28.1 Å². The molecule has 0 amide bonds. The topological polar surface area (TPSA) is 126 Å². The standard InChI is InChI=1S/3Na.2O3Si/c;;;2*1-4(2)3/q3*+1;2*-2. The maximum Gasteiger partial charge on any atom is 1.00 e. The first-order chi connectivity index (χ1) is 3.46. The van der Waals surface area contributed by atoms with Crippen molar-refractivity contribution in [2.45, 2.75) is 0 Å². The summed E-state index contributed by atoms with van der Waals surface area (Å²) in [6, 6.07) is 0. The van der Waals surface area contributed by atoms with Crippen LogP contribution in [0.25, 0.3) is 0 Å².